The van der Waals surface area contributed by atoms with Gasteiger partial charge in [0.25, 0.3) is 0 Å². The van der Waals surface area contributed by atoms with E-state index in [-0.39, 0.29) is 31.0 Å². The van der Waals surface area contributed by atoms with E-state index < -0.39 is 39.3 Å². The van der Waals surface area contributed by atoms with Crippen LogP contribution in [0.1, 0.15) is 46.6 Å². The molecule has 0 saturated carbocycles. The Bertz CT molecular complexity index is 1110. The number of hydrogen-bond donors (Lipinski definition) is 3. The lowest BCUT2D eigenvalue weighted by atomic mass is 9.89. The van der Waals surface area contributed by atoms with E-state index in [1.165, 1.54) is 23.5 Å². The van der Waals surface area contributed by atoms with E-state index in [2.05, 4.69) is 5.32 Å². The minimum Gasteiger partial charge on any atom is -0.497 e. The average Bonchev–Trinajstić information content (AvgIpc) is 2.82. The largest absolute Gasteiger partial charge is 0.497 e. The van der Waals surface area contributed by atoms with Gasteiger partial charge in [0.05, 0.1) is 24.2 Å². The second-order valence-corrected chi connectivity index (χ2v) is 13.1. The molecule has 0 spiro atoms. The van der Waals surface area contributed by atoms with E-state index in [1.807, 2.05) is 44.2 Å². The number of hydrogen-bond acceptors (Lipinski definition) is 7. The fourth-order valence-corrected chi connectivity index (χ4v) is 5.60. The van der Waals surface area contributed by atoms with Gasteiger partial charge in [-0.3, -0.25) is 0 Å². The minimum absolute atomic E-state index is 0.0451. The van der Waals surface area contributed by atoms with Gasteiger partial charge in [-0.25, -0.2) is 13.2 Å². The molecule has 38 heavy (non-hydrogen) atoms. The van der Waals surface area contributed by atoms with E-state index in [1.54, 1.807) is 32.9 Å². The fraction of sp³-hybridized carbons (Fsp3) is 0.536. The summed E-state index contributed by atoms with van der Waals surface area (Å²) in [6.45, 7) is 8.58. The van der Waals surface area contributed by atoms with E-state index in [4.69, 9.17) is 9.47 Å². The number of carbonyl (C=O) groups is 1. The van der Waals surface area contributed by atoms with Crippen molar-refractivity contribution >= 4 is 16.1 Å². The van der Waals surface area contributed by atoms with E-state index in [0.717, 1.165) is 5.56 Å². The van der Waals surface area contributed by atoms with Crippen molar-refractivity contribution in [1.29, 1.82) is 0 Å². The third-order valence-electron chi connectivity index (χ3n) is 5.95. The molecule has 0 saturated heterocycles. The van der Waals surface area contributed by atoms with Gasteiger partial charge in [0, 0.05) is 19.7 Å². The van der Waals surface area contributed by atoms with Crippen LogP contribution >= 0.6 is 0 Å². The number of benzene rings is 2. The molecule has 0 aliphatic carbocycles. The number of alkyl carbamates (subject to hydrolysis) is 1. The second-order valence-electron chi connectivity index (χ2n) is 11.1. The lowest BCUT2D eigenvalue weighted by Crippen LogP contribution is -2.52. The molecule has 0 aromatic heterocycles. The molecular weight excluding hydrogens is 508 g/mol. The van der Waals surface area contributed by atoms with Crippen LogP contribution in [0, 0.1) is 5.41 Å². The SMILES string of the molecule is COc1ccc(S(=O)(=O)N(CC(O)C(Cc2ccccc2)NC(=O)OC(C)(C)C)CC(C)(C)CCO)cc1. The molecule has 0 fully saturated rings. The third kappa shape index (κ3) is 9.90. The smallest absolute Gasteiger partial charge is 0.407 e. The molecular formula is C28H42N2O7S. The van der Waals surface area contributed by atoms with Crippen molar-refractivity contribution in [3.63, 3.8) is 0 Å². The van der Waals surface area contributed by atoms with Gasteiger partial charge in [-0.2, -0.15) is 4.31 Å². The first-order valence-corrected chi connectivity index (χ1v) is 14.1. The van der Waals surface area contributed by atoms with E-state index in [0.29, 0.717) is 12.2 Å². The number of rotatable bonds is 13. The van der Waals surface area contributed by atoms with Gasteiger partial charge in [-0.15, -0.1) is 0 Å². The van der Waals surface area contributed by atoms with Crippen LogP contribution in [0.3, 0.4) is 0 Å². The van der Waals surface area contributed by atoms with Gasteiger partial charge in [0.1, 0.15) is 11.4 Å². The molecule has 0 aliphatic rings. The van der Waals surface area contributed by atoms with Gasteiger partial charge in [-0.1, -0.05) is 44.2 Å². The number of amides is 1. The zero-order valence-corrected chi connectivity index (χ0v) is 24.0. The Kier molecular flexibility index (Phi) is 11.1. The molecule has 2 aromatic rings. The van der Waals surface area contributed by atoms with Crippen LogP contribution in [-0.2, 0) is 21.2 Å². The monoisotopic (exact) mass is 550 g/mol. The molecule has 2 atom stereocenters. The van der Waals surface area contributed by atoms with E-state index in [9.17, 15) is 23.4 Å². The predicted octanol–water partition coefficient (Wildman–Crippen LogP) is 3.59. The molecule has 10 heteroatoms. The van der Waals surface area contributed by atoms with Crippen LogP contribution in [0.5, 0.6) is 5.75 Å². The average molecular weight is 551 g/mol. The fourth-order valence-electron chi connectivity index (χ4n) is 3.95. The predicted molar refractivity (Wildman–Crippen MR) is 147 cm³/mol. The normalized spacial score (nSPS) is 14.1. The molecule has 2 unspecified atom stereocenters. The van der Waals surface area contributed by atoms with Crippen LogP contribution in [0.25, 0.3) is 0 Å². The zero-order valence-electron chi connectivity index (χ0n) is 23.2. The highest BCUT2D eigenvalue weighted by atomic mass is 32.2. The van der Waals surface area contributed by atoms with Gasteiger partial charge in [0.2, 0.25) is 10.0 Å². The standard InChI is InChI=1S/C28H42N2O7S/c1-27(2,3)37-26(33)29-24(18-21-10-8-7-9-11-21)25(32)19-30(20-28(4,5)16-17-31)38(34,35)23-14-12-22(36-6)13-15-23/h7-15,24-25,31-32H,16-20H2,1-6H3,(H,29,33). The summed E-state index contributed by atoms with van der Waals surface area (Å²) in [5.74, 6) is 0.514. The summed E-state index contributed by atoms with van der Waals surface area (Å²) in [7, 11) is -2.55. The van der Waals surface area contributed by atoms with Gasteiger partial charge in [-0.05, 0) is 68.9 Å². The van der Waals surface area contributed by atoms with E-state index >= 15 is 0 Å². The Morgan fingerprint density at radius 2 is 1.63 bits per heavy atom. The number of aliphatic hydroxyl groups excluding tert-OH is 2. The molecule has 0 aliphatic heterocycles. The Morgan fingerprint density at radius 3 is 2.16 bits per heavy atom. The summed E-state index contributed by atoms with van der Waals surface area (Å²) in [5.41, 5.74) is -0.468. The number of nitrogens with zero attached hydrogens (tertiary/aromatic N) is 1. The van der Waals surface area contributed by atoms with Gasteiger partial charge < -0.3 is 25.0 Å². The molecule has 1 amide bonds. The summed E-state index contributed by atoms with van der Waals surface area (Å²) >= 11 is 0. The summed E-state index contributed by atoms with van der Waals surface area (Å²) in [5, 5.41) is 23.6. The van der Waals surface area contributed by atoms with Gasteiger partial charge in [0.15, 0.2) is 0 Å². The summed E-state index contributed by atoms with van der Waals surface area (Å²) in [4.78, 5) is 12.7. The molecule has 0 heterocycles. The number of aliphatic hydroxyl groups is 2. The topological polar surface area (TPSA) is 125 Å². The Balaban J connectivity index is 2.40. The maximum atomic E-state index is 13.7. The highest BCUT2D eigenvalue weighted by Gasteiger charge is 2.35. The number of nitrogens with one attached hydrogen (secondary N) is 1. The second kappa shape index (κ2) is 13.4. The summed E-state index contributed by atoms with van der Waals surface area (Å²) < 4.78 is 39.2. The molecule has 0 radical (unpaired) electrons. The number of methoxy groups -OCH3 is 1. The van der Waals surface area contributed by atoms with Crippen molar-refractivity contribution in [3.8, 4) is 5.75 Å². The third-order valence-corrected chi connectivity index (χ3v) is 7.77. The van der Waals surface area contributed by atoms with Crippen molar-refractivity contribution in [2.24, 2.45) is 5.41 Å². The van der Waals surface area contributed by atoms with Crippen molar-refractivity contribution in [1.82, 2.24) is 9.62 Å². The number of sulfonamides is 1. The van der Waals surface area contributed by atoms with Crippen molar-refractivity contribution in [2.75, 3.05) is 26.8 Å². The van der Waals surface area contributed by atoms with Crippen LogP contribution in [0.2, 0.25) is 0 Å². The van der Waals surface area contributed by atoms with Crippen LogP contribution in [-0.4, -0.2) is 73.6 Å². The first-order valence-electron chi connectivity index (χ1n) is 12.6. The first-order chi connectivity index (χ1) is 17.7. The first kappa shape index (κ1) is 31.6. The number of ether oxygens (including phenoxy) is 2. The van der Waals surface area contributed by atoms with Crippen LogP contribution < -0.4 is 10.1 Å². The zero-order chi connectivity index (χ0) is 28.6. The van der Waals surface area contributed by atoms with Crippen LogP contribution in [0.15, 0.2) is 59.5 Å². The molecule has 212 valence electrons. The molecule has 3 N–H and O–H groups in total. The minimum atomic E-state index is -4.04. The highest BCUT2D eigenvalue weighted by molar-refractivity contribution is 7.89. The highest BCUT2D eigenvalue weighted by Crippen LogP contribution is 2.27. The molecule has 2 rings (SSSR count). The molecule has 9 nitrogen and oxygen atoms in total. The Labute approximate surface area is 226 Å². The lowest BCUT2D eigenvalue weighted by Gasteiger charge is -2.35. The van der Waals surface area contributed by atoms with Crippen molar-refractivity contribution in [3.05, 3.63) is 60.2 Å². The summed E-state index contributed by atoms with van der Waals surface area (Å²) in [6, 6.07) is 14.5. The maximum Gasteiger partial charge on any atom is 0.407 e. The Hall–Kier alpha value is -2.66. The lowest BCUT2D eigenvalue weighted by molar-refractivity contribution is 0.0389. The molecule has 0 bridgehead atoms. The molecule has 2 aromatic carbocycles. The van der Waals surface area contributed by atoms with Crippen LogP contribution in [0.4, 0.5) is 4.79 Å². The Morgan fingerprint density at radius 1 is 1.03 bits per heavy atom. The maximum absolute atomic E-state index is 13.7. The van der Waals surface area contributed by atoms with Gasteiger partial charge >= 0.3 is 6.09 Å². The summed E-state index contributed by atoms with van der Waals surface area (Å²) in [6.07, 6.45) is -1.35. The van der Waals surface area contributed by atoms with Crippen molar-refractivity contribution < 1.29 is 32.9 Å². The quantitative estimate of drug-likeness (QED) is 0.348. The van der Waals surface area contributed by atoms with Crippen molar-refractivity contribution in [2.45, 2.75) is 70.1 Å². The number of carbonyl (C=O) groups excluding carboxylic acids is 1.